The van der Waals surface area contributed by atoms with Gasteiger partial charge in [-0.25, -0.2) is 0 Å². The van der Waals surface area contributed by atoms with Gasteiger partial charge >= 0.3 is 0 Å². The summed E-state index contributed by atoms with van der Waals surface area (Å²) in [6.07, 6.45) is 0. The number of aryl methyl sites for hydroxylation is 1. The molecule has 0 unspecified atom stereocenters. The number of carbonyl (C=O) groups is 1. The summed E-state index contributed by atoms with van der Waals surface area (Å²) in [5, 5.41) is 10.6. The van der Waals surface area contributed by atoms with E-state index in [2.05, 4.69) is 15.9 Å². The average Bonchev–Trinajstić information content (AvgIpc) is 2.48. The molecule has 0 saturated heterocycles. The van der Waals surface area contributed by atoms with Crippen molar-refractivity contribution in [3.8, 4) is 0 Å². The van der Waals surface area contributed by atoms with Gasteiger partial charge in [0, 0.05) is 34.9 Å². The van der Waals surface area contributed by atoms with Gasteiger partial charge in [-0.3, -0.25) is 14.9 Å². The predicted octanol–water partition coefficient (Wildman–Crippen LogP) is 3.94. The van der Waals surface area contributed by atoms with Crippen molar-refractivity contribution in [1.82, 2.24) is 0 Å². The van der Waals surface area contributed by atoms with Gasteiger partial charge in [-0.1, -0.05) is 15.9 Å². The molecule has 0 aliphatic rings. The number of anilines is 1. The topological polar surface area (TPSA) is 63.5 Å². The molecule has 0 atom stereocenters. The molecule has 0 saturated carbocycles. The third-order valence-corrected chi connectivity index (χ3v) is 4.05. The van der Waals surface area contributed by atoms with Gasteiger partial charge in [0.2, 0.25) is 0 Å². The lowest BCUT2D eigenvalue weighted by atomic mass is 10.1. The fourth-order valence-electron chi connectivity index (χ4n) is 1.89. The molecular weight excluding hydrogens is 336 g/mol. The maximum Gasteiger partial charge on any atom is 0.269 e. The second-order valence-electron chi connectivity index (χ2n) is 4.60. The fraction of sp³-hybridized carbons (Fsp3) is 0.133. The lowest BCUT2D eigenvalue weighted by Gasteiger charge is -2.17. The highest BCUT2D eigenvalue weighted by Crippen LogP contribution is 2.22. The highest BCUT2D eigenvalue weighted by molar-refractivity contribution is 9.10. The van der Waals surface area contributed by atoms with E-state index in [0.717, 1.165) is 10.0 Å². The molecule has 0 aliphatic carbocycles. The Labute approximate surface area is 130 Å². The molecule has 0 radical (unpaired) electrons. The van der Waals surface area contributed by atoms with Crippen molar-refractivity contribution in [1.29, 1.82) is 0 Å². The quantitative estimate of drug-likeness (QED) is 0.623. The molecule has 108 valence electrons. The Hall–Kier alpha value is -2.21. The summed E-state index contributed by atoms with van der Waals surface area (Å²) >= 11 is 3.39. The van der Waals surface area contributed by atoms with Gasteiger partial charge in [0.05, 0.1) is 4.92 Å². The molecule has 0 heterocycles. The summed E-state index contributed by atoms with van der Waals surface area (Å²) in [6, 6.07) is 11.2. The Morgan fingerprint density at radius 1 is 1.19 bits per heavy atom. The Morgan fingerprint density at radius 3 is 2.33 bits per heavy atom. The Balaban J connectivity index is 2.25. The highest BCUT2D eigenvalue weighted by Gasteiger charge is 2.15. The number of nitro benzene ring substituents is 1. The number of nitro groups is 1. The van der Waals surface area contributed by atoms with E-state index >= 15 is 0 Å². The van der Waals surface area contributed by atoms with Crippen molar-refractivity contribution >= 4 is 33.2 Å². The van der Waals surface area contributed by atoms with Crippen molar-refractivity contribution in [2.45, 2.75) is 6.92 Å². The molecular formula is C15H13BrN2O3. The summed E-state index contributed by atoms with van der Waals surface area (Å²) in [4.78, 5) is 24.0. The molecule has 0 aromatic heterocycles. The summed E-state index contributed by atoms with van der Waals surface area (Å²) in [6.45, 7) is 1.91. The van der Waals surface area contributed by atoms with Gasteiger partial charge in [-0.05, 0) is 42.8 Å². The van der Waals surface area contributed by atoms with Gasteiger partial charge in [0.15, 0.2) is 0 Å². The Morgan fingerprint density at radius 2 is 1.81 bits per heavy atom. The van der Waals surface area contributed by atoms with E-state index in [1.54, 1.807) is 31.3 Å². The molecule has 1 amide bonds. The van der Waals surface area contributed by atoms with E-state index in [9.17, 15) is 14.9 Å². The normalized spacial score (nSPS) is 10.2. The van der Waals surface area contributed by atoms with E-state index in [1.165, 1.54) is 17.0 Å². The molecule has 0 spiro atoms. The smallest absolute Gasteiger partial charge is 0.269 e. The van der Waals surface area contributed by atoms with Gasteiger partial charge in [-0.15, -0.1) is 0 Å². The van der Waals surface area contributed by atoms with E-state index in [4.69, 9.17) is 0 Å². The summed E-state index contributed by atoms with van der Waals surface area (Å²) in [7, 11) is 1.64. The first-order valence-corrected chi connectivity index (χ1v) is 6.98. The van der Waals surface area contributed by atoms with E-state index in [-0.39, 0.29) is 11.6 Å². The first-order chi connectivity index (χ1) is 9.90. The third kappa shape index (κ3) is 3.28. The van der Waals surface area contributed by atoms with Gasteiger partial charge < -0.3 is 4.90 Å². The first kappa shape index (κ1) is 15.2. The third-order valence-electron chi connectivity index (χ3n) is 3.16. The molecule has 0 bridgehead atoms. The number of hydrogen-bond acceptors (Lipinski definition) is 3. The monoisotopic (exact) mass is 348 g/mol. The van der Waals surface area contributed by atoms with Crippen LogP contribution in [0.4, 0.5) is 11.4 Å². The highest BCUT2D eigenvalue weighted by atomic mass is 79.9. The van der Waals surface area contributed by atoms with Crippen LogP contribution in [0.2, 0.25) is 0 Å². The van der Waals surface area contributed by atoms with Gasteiger partial charge in [0.25, 0.3) is 11.6 Å². The second-order valence-corrected chi connectivity index (χ2v) is 5.46. The number of halogens is 1. The van der Waals surface area contributed by atoms with E-state index < -0.39 is 4.92 Å². The van der Waals surface area contributed by atoms with Crippen molar-refractivity contribution in [3.05, 3.63) is 68.2 Å². The van der Waals surface area contributed by atoms with Crippen LogP contribution in [0.5, 0.6) is 0 Å². The predicted molar refractivity (Wildman–Crippen MR) is 84.7 cm³/mol. The standard InChI is InChI=1S/C15H13BrN2O3/c1-10-9-11(3-8-14(10)16)15(19)17(2)12-4-6-13(7-5-12)18(20)21/h3-9H,1-2H3. The number of amides is 1. The number of non-ortho nitro benzene ring substituents is 1. The van der Waals surface area contributed by atoms with E-state index in [1.807, 2.05) is 13.0 Å². The van der Waals surface area contributed by atoms with Crippen molar-refractivity contribution in [3.63, 3.8) is 0 Å². The minimum Gasteiger partial charge on any atom is -0.311 e. The Bertz CT molecular complexity index is 699. The molecule has 2 aromatic rings. The lowest BCUT2D eigenvalue weighted by Crippen LogP contribution is -2.26. The molecule has 0 fully saturated rings. The number of rotatable bonds is 3. The number of hydrogen-bond donors (Lipinski definition) is 0. The zero-order valence-electron chi connectivity index (χ0n) is 11.5. The van der Waals surface area contributed by atoms with Crippen LogP contribution in [0, 0.1) is 17.0 Å². The second kappa shape index (κ2) is 6.05. The van der Waals surface area contributed by atoms with Crippen LogP contribution in [0.3, 0.4) is 0 Å². The number of benzene rings is 2. The van der Waals surface area contributed by atoms with Crippen molar-refractivity contribution in [2.75, 3.05) is 11.9 Å². The minimum atomic E-state index is -0.469. The first-order valence-electron chi connectivity index (χ1n) is 6.19. The van der Waals surface area contributed by atoms with Crippen LogP contribution in [0.15, 0.2) is 46.9 Å². The largest absolute Gasteiger partial charge is 0.311 e. The zero-order valence-corrected chi connectivity index (χ0v) is 13.1. The maximum atomic E-state index is 12.4. The molecule has 0 N–H and O–H groups in total. The molecule has 5 nitrogen and oxygen atoms in total. The molecule has 2 aromatic carbocycles. The Kier molecular flexibility index (Phi) is 4.37. The average molecular weight is 349 g/mol. The van der Waals surface area contributed by atoms with Gasteiger partial charge in [0.1, 0.15) is 0 Å². The van der Waals surface area contributed by atoms with Crippen LogP contribution in [0.25, 0.3) is 0 Å². The van der Waals surface area contributed by atoms with Crippen LogP contribution < -0.4 is 4.90 Å². The summed E-state index contributed by atoms with van der Waals surface area (Å²) < 4.78 is 0.942. The van der Waals surface area contributed by atoms with Crippen molar-refractivity contribution in [2.24, 2.45) is 0 Å². The molecule has 2 rings (SSSR count). The zero-order chi connectivity index (χ0) is 15.6. The maximum absolute atomic E-state index is 12.4. The lowest BCUT2D eigenvalue weighted by molar-refractivity contribution is -0.384. The van der Waals surface area contributed by atoms with Crippen LogP contribution in [-0.2, 0) is 0 Å². The molecule has 21 heavy (non-hydrogen) atoms. The summed E-state index contributed by atoms with van der Waals surface area (Å²) in [5.41, 5.74) is 2.14. The van der Waals surface area contributed by atoms with Crippen LogP contribution >= 0.6 is 15.9 Å². The van der Waals surface area contributed by atoms with Crippen LogP contribution in [-0.4, -0.2) is 17.9 Å². The number of nitrogens with zero attached hydrogens (tertiary/aromatic N) is 2. The van der Waals surface area contributed by atoms with Crippen molar-refractivity contribution < 1.29 is 9.72 Å². The molecule has 6 heteroatoms. The van der Waals surface area contributed by atoms with Gasteiger partial charge in [-0.2, -0.15) is 0 Å². The SMILES string of the molecule is Cc1cc(C(=O)N(C)c2ccc([N+](=O)[O-])cc2)ccc1Br. The summed E-state index contributed by atoms with van der Waals surface area (Å²) in [5.74, 6) is -0.167. The molecule has 0 aliphatic heterocycles. The van der Waals surface area contributed by atoms with E-state index in [0.29, 0.717) is 11.3 Å². The fourth-order valence-corrected chi connectivity index (χ4v) is 2.13. The minimum absolute atomic E-state index is 0.000847. The van der Waals surface area contributed by atoms with Crippen LogP contribution in [0.1, 0.15) is 15.9 Å². The number of carbonyl (C=O) groups excluding carboxylic acids is 1.